The van der Waals surface area contributed by atoms with E-state index in [2.05, 4.69) is 20.5 Å². The molecule has 1 fully saturated rings. The van der Waals surface area contributed by atoms with Gasteiger partial charge in [-0.15, -0.1) is 0 Å². The summed E-state index contributed by atoms with van der Waals surface area (Å²) in [6, 6.07) is 10.8. The van der Waals surface area contributed by atoms with E-state index in [1.165, 1.54) is 32.1 Å². The molecular weight excluding hydrogens is 434 g/mol. The summed E-state index contributed by atoms with van der Waals surface area (Å²) in [7, 11) is 0. The molecule has 2 N–H and O–H groups in total. The van der Waals surface area contributed by atoms with Crippen LogP contribution >= 0.6 is 23.8 Å². The van der Waals surface area contributed by atoms with Crippen molar-refractivity contribution in [1.29, 1.82) is 0 Å². The molecule has 1 aromatic carbocycles. The van der Waals surface area contributed by atoms with Gasteiger partial charge in [0.15, 0.2) is 22.2 Å². The topological polar surface area (TPSA) is 84.8 Å². The van der Waals surface area contributed by atoms with Crippen molar-refractivity contribution in [2.75, 3.05) is 11.9 Å². The van der Waals surface area contributed by atoms with Crippen LogP contribution in [0.2, 0.25) is 5.02 Å². The number of anilines is 1. The molecule has 0 aliphatic heterocycles. The Bertz CT molecular complexity index is 1090. The number of nitrogens with zero attached hydrogens (tertiary/aromatic N) is 3. The van der Waals surface area contributed by atoms with E-state index < -0.39 is 0 Å². The monoisotopic (exact) mass is 457 g/mol. The Morgan fingerprint density at radius 1 is 1.23 bits per heavy atom. The Labute approximate surface area is 190 Å². The predicted octanol–water partition coefficient (Wildman–Crippen LogP) is 5.25. The van der Waals surface area contributed by atoms with E-state index in [0.29, 0.717) is 39.7 Å². The van der Waals surface area contributed by atoms with E-state index in [4.69, 9.17) is 28.6 Å². The van der Waals surface area contributed by atoms with Crippen molar-refractivity contribution in [3.05, 3.63) is 52.4 Å². The lowest BCUT2D eigenvalue weighted by Crippen LogP contribution is -2.21. The SMILES string of the molecule is O=C(Cn1c(-c2ccc(Cl)cc2)n[nH]c1=S)Nc1ncccc1OCC1CCCCC1. The van der Waals surface area contributed by atoms with Gasteiger partial charge >= 0.3 is 0 Å². The maximum atomic E-state index is 12.8. The molecule has 0 spiro atoms. The maximum Gasteiger partial charge on any atom is 0.245 e. The van der Waals surface area contributed by atoms with Crippen molar-refractivity contribution >= 4 is 35.5 Å². The largest absolute Gasteiger partial charge is 0.489 e. The lowest BCUT2D eigenvalue weighted by Gasteiger charge is -2.22. The number of H-pyrrole nitrogens is 1. The molecule has 0 unspecified atom stereocenters. The number of carbonyl (C=O) groups is 1. The molecule has 0 radical (unpaired) electrons. The van der Waals surface area contributed by atoms with Crippen LogP contribution in [-0.2, 0) is 11.3 Å². The highest BCUT2D eigenvalue weighted by atomic mass is 35.5. The smallest absolute Gasteiger partial charge is 0.245 e. The summed E-state index contributed by atoms with van der Waals surface area (Å²) in [5.41, 5.74) is 0.805. The van der Waals surface area contributed by atoms with E-state index in [1.807, 2.05) is 18.2 Å². The number of carbonyl (C=O) groups excluding carboxylic acids is 1. The molecule has 1 saturated carbocycles. The highest BCUT2D eigenvalue weighted by Gasteiger charge is 2.17. The van der Waals surface area contributed by atoms with Crippen LogP contribution in [0, 0.1) is 10.7 Å². The quantitative estimate of drug-likeness (QED) is 0.473. The molecular formula is C22H24ClN5O2S. The molecule has 162 valence electrons. The molecule has 0 atom stereocenters. The van der Waals surface area contributed by atoms with Gasteiger partial charge in [0, 0.05) is 16.8 Å². The number of hydrogen-bond acceptors (Lipinski definition) is 5. The number of hydrogen-bond donors (Lipinski definition) is 2. The Morgan fingerprint density at radius 3 is 2.77 bits per heavy atom. The van der Waals surface area contributed by atoms with Crippen LogP contribution in [0.4, 0.5) is 5.82 Å². The first-order valence-corrected chi connectivity index (χ1v) is 11.2. The van der Waals surface area contributed by atoms with Gasteiger partial charge in [0.05, 0.1) is 6.61 Å². The summed E-state index contributed by atoms with van der Waals surface area (Å²) < 4.78 is 8.00. The second-order valence-corrected chi connectivity index (χ2v) is 8.48. The standard InChI is InChI=1S/C22H24ClN5O2S/c23-17-10-8-16(9-11-17)21-26-27-22(31)28(21)13-19(29)25-20-18(7-4-12-24-20)30-14-15-5-2-1-3-6-15/h4,7-12,15H,1-3,5-6,13-14H2,(H,27,31)(H,24,25,29). The molecule has 4 rings (SSSR count). The summed E-state index contributed by atoms with van der Waals surface area (Å²) >= 11 is 11.3. The van der Waals surface area contributed by atoms with Crippen LogP contribution in [-0.4, -0.2) is 32.3 Å². The summed E-state index contributed by atoms with van der Waals surface area (Å²) in [5, 5.41) is 10.5. The number of nitrogens with one attached hydrogen (secondary N) is 2. The Morgan fingerprint density at radius 2 is 2.00 bits per heavy atom. The Kier molecular flexibility index (Phi) is 6.99. The number of ether oxygens (including phenoxy) is 1. The van der Waals surface area contributed by atoms with Gasteiger partial charge < -0.3 is 10.1 Å². The minimum absolute atomic E-state index is 0.00800. The van der Waals surface area contributed by atoms with Gasteiger partial charge in [-0.2, -0.15) is 5.10 Å². The molecule has 2 aromatic heterocycles. The molecule has 0 saturated heterocycles. The van der Waals surface area contributed by atoms with Gasteiger partial charge in [0.2, 0.25) is 5.91 Å². The van der Waals surface area contributed by atoms with Crippen LogP contribution in [0.25, 0.3) is 11.4 Å². The van der Waals surface area contributed by atoms with Crippen molar-refractivity contribution in [1.82, 2.24) is 19.7 Å². The molecule has 2 heterocycles. The van der Waals surface area contributed by atoms with E-state index in [-0.39, 0.29) is 12.5 Å². The molecule has 3 aromatic rings. The van der Waals surface area contributed by atoms with Gasteiger partial charge in [-0.3, -0.25) is 14.5 Å². The van der Waals surface area contributed by atoms with Crippen molar-refractivity contribution in [3.8, 4) is 17.1 Å². The normalized spacial score (nSPS) is 14.4. The average Bonchev–Trinajstić information content (AvgIpc) is 3.14. The molecule has 9 heteroatoms. The number of halogens is 1. The summed E-state index contributed by atoms with van der Waals surface area (Å²) in [5.74, 6) is 1.84. The molecule has 31 heavy (non-hydrogen) atoms. The van der Waals surface area contributed by atoms with Crippen LogP contribution in [0.15, 0.2) is 42.6 Å². The molecule has 0 bridgehead atoms. The van der Waals surface area contributed by atoms with Crippen molar-refractivity contribution in [3.63, 3.8) is 0 Å². The first-order chi connectivity index (χ1) is 15.1. The van der Waals surface area contributed by atoms with E-state index in [0.717, 1.165) is 5.56 Å². The third-order valence-electron chi connectivity index (χ3n) is 5.39. The maximum absolute atomic E-state index is 12.8. The molecule has 1 aliphatic carbocycles. The number of benzene rings is 1. The number of pyridine rings is 1. The van der Waals surface area contributed by atoms with Crippen molar-refractivity contribution in [2.24, 2.45) is 5.92 Å². The zero-order valence-corrected chi connectivity index (χ0v) is 18.6. The first kappa shape index (κ1) is 21.5. The zero-order valence-electron chi connectivity index (χ0n) is 17.0. The van der Waals surface area contributed by atoms with Gasteiger partial charge in [-0.25, -0.2) is 4.98 Å². The fraction of sp³-hybridized carbons (Fsp3) is 0.364. The van der Waals surface area contributed by atoms with E-state index in [1.54, 1.807) is 29.0 Å². The predicted molar refractivity (Wildman–Crippen MR) is 123 cm³/mol. The molecule has 7 nitrogen and oxygen atoms in total. The fourth-order valence-corrected chi connectivity index (χ4v) is 4.08. The summed E-state index contributed by atoms with van der Waals surface area (Å²) in [4.78, 5) is 17.1. The lowest BCUT2D eigenvalue weighted by molar-refractivity contribution is -0.116. The second kappa shape index (κ2) is 10.1. The third kappa shape index (κ3) is 5.51. The second-order valence-electron chi connectivity index (χ2n) is 7.66. The average molecular weight is 458 g/mol. The summed E-state index contributed by atoms with van der Waals surface area (Å²) in [6.45, 7) is 0.633. The highest BCUT2D eigenvalue weighted by molar-refractivity contribution is 7.71. The highest BCUT2D eigenvalue weighted by Crippen LogP contribution is 2.27. The zero-order chi connectivity index (χ0) is 21.6. The van der Waals surface area contributed by atoms with Crippen LogP contribution in [0.1, 0.15) is 32.1 Å². The molecule has 1 aliphatic rings. The lowest BCUT2D eigenvalue weighted by atomic mass is 9.90. The molecule has 1 amide bonds. The van der Waals surface area contributed by atoms with Gasteiger partial charge in [-0.05, 0) is 67.4 Å². The number of amides is 1. The first-order valence-electron chi connectivity index (χ1n) is 10.4. The number of aromatic amines is 1. The van der Waals surface area contributed by atoms with Gasteiger partial charge in [0.25, 0.3) is 0 Å². The van der Waals surface area contributed by atoms with Crippen molar-refractivity contribution < 1.29 is 9.53 Å². The van der Waals surface area contributed by atoms with Crippen molar-refractivity contribution in [2.45, 2.75) is 38.6 Å². The van der Waals surface area contributed by atoms with Gasteiger partial charge in [0.1, 0.15) is 6.54 Å². The fourth-order valence-electron chi connectivity index (χ4n) is 3.76. The Hall–Kier alpha value is -2.71. The van der Waals surface area contributed by atoms with E-state index in [9.17, 15) is 4.79 Å². The Balaban J connectivity index is 1.44. The minimum atomic E-state index is -0.270. The third-order valence-corrected chi connectivity index (χ3v) is 5.95. The van der Waals surface area contributed by atoms with Crippen LogP contribution in [0.5, 0.6) is 5.75 Å². The van der Waals surface area contributed by atoms with E-state index >= 15 is 0 Å². The van der Waals surface area contributed by atoms with Crippen LogP contribution in [0.3, 0.4) is 0 Å². The van der Waals surface area contributed by atoms with Crippen LogP contribution < -0.4 is 10.1 Å². The number of aromatic nitrogens is 4. The minimum Gasteiger partial charge on any atom is -0.489 e. The van der Waals surface area contributed by atoms with Gasteiger partial charge in [-0.1, -0.05) is 30.9 Å². The number of rotatable bonds is 7. The summed E-state index contributed by atoms with van der Waals surface area (Å²) in [6.07, 6.45) is 7.82.